The van der Waals surface area contributed by atoms with Crippen molar-refractivity contribution in [3.63, 3.8) is 0 Å². The Labute approximate surface area is 124 Å². The van der Waals surface area contributed by atoms with Crippen LogP contribution in [0.5, 0.6) is 0 Å². The Kier molecular flexibility index (Phi) is 3.92. The summed E-state index contributed by atoms with van der Waals surface area (Å²) in [5, 5.41) is 14.3. The predicted molar refractivity (Wildman–Crippen MR) is 84.2 cm³/mol. The predicted octanol–water partition coefficient (Wildman–Crippen LogP) is 2.81. The third kappa shape index (κ3) is 2.93. The number of carbonyl (C=O) groups is 1. The Morgan fingerprint density at radius 3 is 2.90 bits per heavy atom. The molecule has 0 atom stereocenters. The fourth-order valence-electron chi connectivity index (χ4n) is 3.32. The quantitative estimate of drug-likeness (QED) is 0.809. The van der Waals surface area contributed by atoms with E-state index in [1.54, 1.807) is 6.20 Å². The van der Waals surface area contributed by atoms with Crippen molar-refractivity contribution >= 4 is 22.5 Å². The molecule has 112 valence electrons. The molecule has 1 saturated carbocycles. The Balaban J connectivity index is 1.72. The van der Waals surface area contributed by atoms with E-state index in [0.717, 1.165) is 29.4 Å². The number of hydrogen-bond donors (Lipinski definition) is 3. The standard InChI is InChI=1S/C16H22N4O/c1-17-16(8-3-2-4-9-16)10-15(21)19-13-6-5-7-14-12(13)11-18-20-14/h5-7,11,17H,2-4,8-10H2,1H3,(H,18,20)(H,19,21). The third-order valence-corrected chi connectivity index (χ3v) is 4.60. The molecule has 1 heterocycles. The second kappa shape index (κ2) is 5.85. The summed E-state index contributed by atoms with van der Waals surface area (Å²) >= 11 is 0. The average molecular weight is 286 g/mol. The molecule has 1 aliphatic rings. The first-order valence-electron chi connectivity index (χ1n) is 7.63. The maximum absolute atomic E-state index is 12.4. The van der Waals surface area contributed by atoms with Gasteiger partial charge in [0.25, 0.3) is 0 Å². The van der Waals surface area contributed by atoms with Crippen molar-refractivity contribution in [3.05, 3.63) is 24.4 Å². The molecule has 0 unspecified atom stereocenters. The molecule has 1 aliphatic carbocycles. The van der Waals surface area contributed by atoms with Gasteiger partial charge in [0.15, 0.2) is 0 Å². The highest BCUT2D eigenvalue weighted by Gasteiger charge is 2.32. The lowest BCUT2D eigenvalue weighted by molar-refractivity contribution is -0.117. The Morgan fingerprint density at radius 2 is 2.14 bits per heavy atom. The number of nitrogens with one attached hydrogen (secondary N) is 3. The molecule has 1 fully saturated rings. The molecule has 0 aliphatic heterocycles. The van der Waals surface area contributed by atoms with Crippen molar-refractivity contribution in [2.24, 2.45) is 0 Å². The van der Waals surface area contributed by atoms with Crippen LogP contribution in [-0.2, 0) is 4.79 Å². The number of aromatic amines is 1. The minimum absolute atomic E-state index is 0.0351. The molecule has 21 heavy (non-hydrogen) atoms. The van der Waals surface area contributed by atoms with E-state index in [9.17, 15) is 4.79 Å². The highest BCUT2D eigenvalue weighted by atomic mass is 16.1. The van der Waals surface area contributed by atoms with Gasteiger partial charge in [-0.2, -0.15) is 5.10 Å². The van der Waals surface area contributed by atoms with Gasteiger partial charge >= 0.3 is 0 Å². The van der Waals surface area contributed by atoms with E-state index in [1.807, 2.05) is 25.2 Å². The zero-order valence-electron chi connectivity index (χ0n) is 12.4. The molecule has 1 amide bonds. The molecular formula is C16H22N4O. The number of carbonyl (C=O) groups excluding carboxylic acids is 1. The van der Waals surface area contributed by atoms with Gasteiger partial charge < -0.3 is 10.6 Å². The number of rotatable bonds is 4. The molecule has 0 bridgehead atoms. The lowest BCUT2D eigenvalue weighted by atomic mass is 9.79. The number of anilines is 1. The van der Waals surface area contributed by atoms with Gasteiger partial charge in [-0.05, 0) is 32.0 Å². The van der Waals surface area contributed by atoms with E-state index in [1.165, 1.54) is 19.3 Å². The van der Waals surface area contributed by atoms with Crippen LogP contribution in [0.25, 0.3) is 10.9 Å². The van der Waals surface area contributed by atoms with E-state index < -0.39 is 0 Å². The smallest absolute Gasteiger partial charge is 0.226 e. The largest absolute Gasteiger partial charge is 0.325 e. The summed E-state index contributed by atoms with van der Waals surface area (Å²) in [5.74, 6) is 0.0694. The normalized spacial score (nSPS) is 17.8. The first-order chi connectivity index (χ1) is 10.2. The molecule has 0 radical (unpaired) electrons. The molecule has 0 spiro atoms. The van der Waals surface area contributed by atoms with Crippen molar-refractivity contribution in [3.8, 4) is 0 Å². The zero-order chi connectivity index (χ0) is 14.7. The van der Waals surface area contributed by atoms with Crippen molar-refractivity contribution in [2.45, 2.75) is 44.1 Å². The van der Waals surface area contributed by atoms with Gasteiger partial charge in [0.2, 0.25) is 5.91 Å². The molecule has 0 saturated heterocycles. The van der Waals surface area contributed by atoms with Crippen LogP contribution in [-0.4, -0.2) is 28.7 Å². The minimum atomic E-state index is -0.0351. The second-order valence-corrected chi connectivity index (χ2v) is 5.95. The van der Waals surface area contributed by atoms with Crippen LogP contribution in [0, 0.1) is 0 Å². The summed E-state index contributed by atoms with van der Waals surface area (Å²) in [7, 11) is 1.97. The van der Waals surface area contributed by atoms with Crippen LogP contribution in [0.3, 0.4) is 0 Å². The van der Waals surface area contributed by atoms with Crippen LogP contribution in [0.15, 0.2) is 24.4 Å². The third-order valence-electron chi connectivity index (χ3n) is 4.60. The van der Waals surface area contributed by atoms with E-state index in [4.69, 9.17) is 0 Å². The first kappa shape index (κ1) is 14.1. The summed E-state index contributed by atoms with van der Waals surface area (Å²) in [5.41, 5.74) is 1.73. The first-order valence-corrected chi connectivity index (χ1v) is 7.63. The summed E-state index contributed by atoms with van der Waals surface area (Å²) in [4.78, 5) is 12.4. The van der Waals surface area contributed by atoms with E-state index in [2.05, 4.69) is 20.8 Å². The number of amides is 1. The maximum Gasteiger partial charge on any atom is 0.226 e. The number of aromatic nitrogens is 2. The Morgan fingerprint density at radius 1 is 1.33 bits per heavy atom. The van der Waals surface area contributed by atoms with Gasteiger partial charge in [-0.15, -0.1) is 0 Å². The molecule has 3 N–H and O–H groups in total. The van der Waals surface area contributed by atoms with Gasteiger partial charge in [0.1, 0.15) is 0 Å². The fourth-order valence-corrected chi connectivity index (χ4v) is 3.32. The second-order valence-electron chi connectivity index (χ2n) is 5.95. The van der Waals surface area contributed by atoms with Crippen LogP contribution >= 0.6 is 0 Å². The molecular weight excluding hydrogens is 264 g/mol. The van der Waals surface area contributed by atoms with Gasteiger partial charge in [-0.3, -0.25) is 9.89 Å². The lowest BCUT2D eigenvalue weighted by Gasteiger charge is -2.36. The number of H-pyrrole nitrogens is 1. The molecule has 1 aromatic carbocycles. The number of fused-ring (bicyclic) bond motifs is 1. The van der Waals surface area contributed by atoms with Crippen molar-refractivity contribution in [2.75, 3.05) is 12.4 Å². The molecule has 3 rings (SSSR count). The number of benzene rings is 1. The topological polar surface area (TPSA) is 69.8 Å². The van der Waals surface area contributed by atoms with E-state index in [0.29, 0.717) is 6.42 Å². The average Bonchev–Trinajstić information content (AvgIpc) is 2.98. The van der Waals surface area contributed by atoms with Crippen molar-refractivity contribution in [1.29, 1.82) is 0 Å². The zero-order valence-corrected chi connectivity index (χ0v) is 12.4. The number of hydrogen-bond acceptors (Lipinski definition) is 3. The van der Waals surface area contributed by atoms with Crippen molar-refractivity contribution in [1.82, 2.24) is 15.5 Å². The summed E-state index contributed by atoms with van der Waals surface area (Å²) in [6.45, 7) is 0. The van der Waals surface area contributed by atoms with Gasteiger partial charge in [0.05, 0.1) is 17.4 Å². The number of nitrogens with zero attached hydrogens (tertiary/aromatic N) is 1. The van der Waals surface area contributed by atoms with E-state index in [-0.39, 0.29) is 11.4 Å². The molecule has 1 aromatic heterocycles. The van der Waals surface area contributed by atoms with Crippen LogP contribution in [0.1, 0.15) is 38.5 Å². The Bertz CT molecular complexity index is 628. The van der Waals surface area contributed by atoms with Gasteiger partial charge in [0, 0.05) is 17.3 Å². The van der Waals surface area contributed by atoms with Gasteiger partial charge in [-0.25, -0.2) is 0 Å². The van der Waals surface area contributed by atoms with Crippen LogP contribution in [0.2, 0.25) is 0 Å². The summed E-state index contributed by atoms with van der Waals surface area (Å²) in [6.07, 6.45) is 8.10. The summed E-state index contributed by atoms with van der Waals surface area (Å²) in [6, 6.07) is 5.79. The monoisotopic (exact) mass is 286 g/mol. The molecule has 5 heteroatoms. The Hall–Kier alpha value is -1.88. The lowest BCUT2D eigenvalue weighted by Crippen LogP contribution is -2.47. The highest BCUT2D eigenvalue weighted by Crippen LogP contribution is 2.31. The SMILES string of the molecule is CNC1(CC(=O)Nc2cccc3[nH]ncc23)CCCCC1. The molecule has 5 nitrogen and oxygen atoms in total. The van der Waals surface area contributed by atoms with E-state index >= 15 is 0 Å². The fraction of sp³-hybridized carbons (Fsp3) is 0.500. The minimum Gasteiger partial charge on any atom is -0.325 e. The van der Waals surface area contributed by atoms with Gasteiger partial charge in [-0.1, -0.05) is 25.3 Å². The summed E-state index contributed by atoms with van der Waals surface area (Å²) < 4.78 is 0. The maximum atomic E-state index is 12.4. The molecule has 2 aromatic rings. The van der Waals surface area contributed by atoms with Crippen molar-refractivity contribution < 1.29 is 4.79 Å². The van der Waals surface area contributed by atoms with Crippen LogP contribution in [0.4, 0.5) is 5.69 Å². The highest BCUT2D eigenvalue weighted by molar-refractivity contribution is 6.01. The van der Waals surface area contributed by atoms with Crippen LogP contribution < -0.4 is 10.6 Å².